The van der Waals surface area contributed by atoms with Gasteiger partial charge in [-0.1, -0.05) is 15.9 Å². The molecule has 0 atom stereocenters. The largest absolute Gasteiger partial charge is 0.466 e. The van der Waals surface area contributed by atoms with E-state index in [-0.39, 0.29) is 18.0 Å². The summed E-state index contributed by atoms with van der Waals surface area (Å²) >= 11 is 3.21. The Hall–Kier alpha value is -1.42. The summed E-state index contributed by atoms with van der Waals surface area (Å²) in [5, 5.41) is 0. The van der Waals surface area contributed by atoms with Gasteiger partial charge in [-0.25, -0.2) is 4.39 Å². The van der Waals surface area contributed by atoms with Crippen LogP contribution in [-0.4, -0.2) is 5.78 Å². The zero-order valence-electron chi connectivity index (χ0n) is 10.1. The summed E-state index contributed by atoms with van der Waals surface area (Å²) in [6, 6.07) is 6.18. The van der Waals surface area contributed by atoms with Gasteiger partial charge in [0.15, 0.2) is 5.78 Å². The van der Waals surface area contributed by atoms with E-state index in [1.54, 1.807) is 26.0 Å². The van der Waals surface area contributed by atoms with Crippen LogP contribution in [0, 0.1) is 19.7 Å². The molecule has 0 bridgehead atoms. The smallest absolute Gasteiger partial charge is 0.170 e. The molecular weight excluding hydrogens is 299 g/mol. The second-order valence-electron chi connectivity index (χ2n) is 4.20. The van der Waals surface area contributed by atoms with Crippen LogP contribution in [0.3, 0.4) is 0 Å². The molecule has 0 fully saturated rings. The molecule has 2 nitrogen and oxygen atoms in total. The third kappa shape index (κ3) is 2.88. The number of hydrogen-bond donors (Lipinski definition) is 0. The molecule has 0 amide bonds. The van der Waals surface area contributed by atoms with Crippen molar-refractivity contribution in [3.05, 3.63) is 57.2 Å². The Balaban J connectivity index is 2.23. The van der Waals surface area contributed by atoms with Gasteiger partial charge in [-0.15, -0.1) is 0 Å². The molecule has 0 radical (unpaired) electrons. The van der Waals surface area contributed by atoms with Crippen LogP contribution in [0.25, 0.3) is 0 Å². The summed E-state index contributed by atoms with van der Waals surface area (Å²) in [4.78, 5) is 12.1. The molecule has 1 heterocycles. The molecule has 0 aliphatic carbocycles. The molecule has 0 aliphatic heterocycles. The van der Waals surface area contributed by atoms with Gasteiger partial charge in [-0.05, 0) is 43.7 Å². The van der Waals surface area contributed by atoms with Crippen LogP contribution in [0.5, 0.6) is 0 Å². The minimum absolute atomic E-state index is 0.0677. The van der Waals surface area contributed by atoms with Gasteiger partial charge in [0.05, 0.1) is 5.56 Å². The van der Waals surface area contributed by atoms with Crippen LogP contribution in [0.1, 0.15) is 27.4 Å². The zero-order chi connectivity index (χ0) is 13.3. The van der Waals surface area contributed by atoms with E-state index in [9.17, 15) is 9.18 Å². The molecule has 2 rings (SSSR count). The Morgan fingerprint density at radius 1 is 1.28 bits per heavy atom. The number of carbonyl (C=O) groups excluding carboxylic acids is 1. The highest BCUT2D eigenvalue weighted by Gasteiger charge is 2.14. The van der Waals surface area contributed by atoms with Gasteiger partial charge < -0.3 is 4.42 Å². The van der Waals surface area contributed by atoms with Crippen molar-refractivity contribution in [3.8, 4) is 0 Å². The number of halogens is 2. The van der Waals surface area contributed by atoms with E-state index in [1.165, 1.54) is 12.1 Å². The molecule has 0 spiro atoms. The van der Waals surface area contributed by atoms with E-state index < -0.39 is 0 Å². The van der Waals surface area contributed by atoms with Crippen LogP contribution in [-0.2, 0) is 6.42 Å². The van der Waals surface area contributed by atoms with Gasteiger partial charge >= 0.3 is 0 Å². The molecule has 0 unspecified atom stereocenters. The number of furan rings is 1. The fourth-order valence-corrected chi connectivity index (χ4v) is 2.41. The lowest BCUT2D eigenvalue weighted by Gasteiger charge is -2.02. The third-order valence-electron chi connectivity index (χ3n) is 2.63. The van der Waals surface area contributed by atoms with E-state index in [0.717, 1.165) is 0 Å². The summed E-state index contributed by atoms with van der Waals surface area (Å²) in [5.41, 5.74) is 1.21. The standard InChI is InChI=1S/C14H12BrFO2/c1-8-3-13(9(2)18-8)14(17)6-10-4-11(15)7-12(16)5-10/h3-5,7H,6H2,1-2H3. The van der Waals surface area contributed by atoms with Gasteiger partial charge in [0.25, 0.3) is 0 Å². The lowest BCUT2D eigenvalue weighted by atomic mass is 10.0. The summed E-state index contributed by atoms with van der Waals surface area (Å²) in [5.74, 6) is 0.887. The van der Waals surface area contributed by atoms with E-state index in [2.05, 4.69) is 15.9 Å². The van der Waals surface area contributed by atoms with Crippen molar-refractivity contribution in [1.29, 1.82) is 0 Å². The maximum absolute atomic E-state index is 13.2. The number of benzene rings is 1. The Bertz CT molecular complexity index is 582. The number of hydrogen-bond acceptors (Lipinski definition) is 2. The Kier molecular flexibility index (Phi) is 3.66. The minimum Gasteiger partial charge on any atom is -0.466 e. The normalized spacial score (nSPS) is 10.7. The highest BCUT2D eigenvalue weighted by molar-refractivity contribution is 9.10. The maximum atomic E-state index is 13.2. The fraction of sp³-hybridized carbons (Fsp3) is 0.214. The van der Waals surface area contributed by atoms with Gasteiger partial charge in [-0.3, -0.25) is 4.79 Å². The van der Waals surface area contributed by atoms with E-state index in [4.69, 9.17) is 4.42 Å². The van der Waals surface area contributed by atoms with Crippen molar-refractivity contribution in [2.75, 3.05) is 0 Å². The van der Waals surface area contributed by atoms with Gasteiger partial charge in [0, 0.05) is 10.9 Å². The predicted octanol–water partition coefficient (Wildman–Crippen LogP) is 4.22. The molecule has 2 aromatic rings. The second-order valence-corrected chi connectivity index (χ2v) is 5.12. The Labute approximate surface area is 113 Å². The third-order valence-corrected chi connectivity index (χ3v) is 3.09. The predicted molar refractivity (Wildman–Crippen MR) is 70.3 cm³/mol. The number of rotatable bonds is 3. The van der Waals surface area contributed by atoms with Gasteiger partial charge in [0.1, 0.15) is 17.3 Å². The van der Waals surface area contributed by atoms with Crippen LogP contribution < -0.4 is 0 Å². The SMILES string of the molecule is Cc1cc(C(=O)Cc2cc(F)cc(Br)c2)c(C)o1. The second kappa shape index (κ2) is 5.06. The molecule has 94 valence electrons. The molecule has 0 saturated heterocycles. The van der Waals surface area contributed by atoms with Crippen molar-refractivity contribution < 1.29 is 13.6 Å². The molecule has 18 heavy (non-hydrogen) atoms. The highest BCUT2D eigenvalue weighted by atomic mass is 79.9. The zero-order valence-corrected chi connectivity index (χ0v) is 11.7. The molecule has 1 aromatic heterocycles. The molecule has 0 aliphatic rings. The van der Waals surface area contributed by atoms with Crippen LogP contribution in [0.15, 0.2) is 33.2 Å². The lowest BCUT2D eigenvalue weighted by Crippen LogP contribution is -2.04. The van der Waals surface area contributed by atoms with Crippen molar-refractivity contribution in [3.63, 3.8) is 0 Å². The average Bonchev–Trinajstić information content (AvgIpc) is 2.56. The Morgan fingerprint density at radius 2 is 2.00 bits per heavy atom. The first-order valence-electron chi connectivity index (χ1n) is 5.51. The van der Waals surface area contributed by atoms with Crippen molar-refractivity contribution in [1.82, 2.24) is 0 Å². The molecule has 0 saturated carbocycles. The van der Waals surface area contributed by atoms with Crippen LogP contribution in [0.4, 0.5) is 4.39 Å². The monoisotopic (exact) mass is 310 g/mol. The van der Waals surface area contributed by atoms with Crippen molar-refractivity contribution in [2.45, 2.75) is 20.3 Å². The van der Waals surface area contributed by atoms with E-state index in [0.29, 0.717) is 27.1 Å². The number of Topliss-reactive ketones (excluding diaryl/α,β-unsaturated/α-hetero) is 1. The minimum atomic E-state index is -0.354. The molecular formula is C14H12BrFO2. The summed E-state index contributed by atoms with van der Waals surface area (Å²) < 4.78 is 19.2. The van der Waals surface area contributed by atoms with Gasteiger partial charge in [-0.2, -0.15) is 0 Å². The first-order valence-corrected chi connectivity index (χ1v) is 6.30. The first kappa shape index (κ1) is 13.0. The highest BCUT2D eigenvalue weighted by Crippen LogP contribution is 2.19. The van der Waals surface area contributed by atoms with Crippen molar-refractivity contribution >= 4 is 21.7 Å². The number of carbonyl (C=O) groups is 1. The van der Waals surface area contributed by atoms with Gasteiger partial charge in [0.2, 0.25) is 0 Å². The van der Waals surface area contributed by atoms with E-state index in [1.807, 2.05) is 0 Å². The molecule has 4 heteroatoms. The summed E-state index contributed by atoms with van der Waals surface area (Å²) in [7, 11) is 0. The fourth-order valence-electron chi connectivity index (χ4n) is 1.90. The molecule has 0 N–H and O–H groups in total. The Morgan fingerprint density at radius 3 is 2.56 bits per heavy atom. The van der Waals surface area contributed by atoms with E-state index >= 15 is 0 Å². The number of aryl methyl sites for hydroxylation is 2. The van der Waals surface area contributed by atoms with Crippen molar-refractivity contribution in [2.24, 2.45) is 0 Å². The average molecular weight is 311 g/mol. The lowest BCUT2D eigenvalue weighted by molar-refractivity contribution is 0.0991. The molecule has 1 aromatic carbocycles. The van der Waals surface area contributed by atoms with Crippen LogP contribution >= 0.6 is 15.9 Å². The first-order chi connectivity index (χ1) is 8.45. The topological polar surface area (TPSA) is 30.2 Å². The summed E-state index contributed by atoms with van der Waals surface area (Å²) in [6.45, 7) is 3.55. The number of ketones is 1. The van der Waals surface area contributed by atoms with Crippen LogP contribution in [0.2, 0.25) is 0 Å². The quantitative estimate of drug-likeness (QED) is 0.794. The summed E-state index contributed by atoms with van der Waals surface area (Å²) in [6.07, 6.45) is 0.163. The maximum Gasteiger partial charge on any atom is 0.170 e.